The fourth-order valence-electron chi connectivity index (χ4n) is 2.84. The van der Waals surface area contributed by atoms with Crippen LogP contribution in [0.2, 0.25) is 0 Å². The van der Waals surface area contributed by atoms with Crippen molar-refractivity contribution in [3.63, 3.8) is 0 Å². The summed E-state index contributed by atoms with van der Waals surface area (Å²) in [7, 11) is 0. The molecule has 31 heavy (non-hydrogen) atoms. The summed E-state index contributed by atoms with van der Waals surface area (Å²) in [6, 6.07) is 7.05. The summed E-state index contributed by atoms with van der Waals surface area (Å²) in [6.45, 7) is 0.348. The molecule has 0 atom stereocenters. The van der Waals surface area contributed by atoms with E-state index < -0.39 is 12.1 Å². The molecule has 5 rings (SSSR count). The van der Waals surface area contributed by atoms with Crippen molar-refractivity contribution in [3.05, 3.63) is 66.0 Å². The zero-order valence-electron chi connectivity index (χ0n) is 15.4. The van der Waals surface area contributed by atoms with E-state index in [1.165, 1.54) is 11.3 Å². The van der Waals surface area contributed by atoms with Crippen molar-refractivity contribution >= 4 is 28.6 Å². The molecule has 0 aromatic carbocycles. The third-order valence-electron chi connectivity index (χ3n) is 4.21. The average Bonchev–Trinajstić information content (AvgIpc) is 3.51. The average molecular weight is 444 g/mol. The lowest BCUT2D eigenvalue weighted by atomic mass is 10.3. The largest absolute Gasteiger partial charge is 0.471 e. The summed E-state index contributed by atoms with van der Waals surface area (Å²) < 4.78 is 44.1. The molecule has 0 radical (unpaired) electrons. The van der Waals surface area contributed by atoms with Crippen molar-refractivity contribution in [1.82, 2.24) is 34.7 Å². The number of anilines is 2. The summed E-state index contributed by atoms with van der Waals surface area (Å²) in [4.78, 5) is 19.2. The number of nitrogens with zero attached hydrogens (tertiary/aromatic N) is 8. The Bertz CT molecular complexity index is 1330. The molecule has 0 saturated carbocycles. The van der Waals surface area contributed by atoms with Gasteiger partial charge in [-0.1, -0.05) is 5.16 Å². The number of imidazole rings is 1. The first-order valence-corrected chi connectivity index (χ1v) is 9.63. The van der Waals surface area contributed by atoms with Crippen LogP contribution in [0.15, 0.2) is 59.8 Å². The van der Waals surface area contributed by atoms with Gasteiger partial charge in [0.1, 0.15) is 0 Å². The van der Waals surface area contributed by atoms with E-state index in [0.29, 0.717) is 28.7 Å². The van der Waals surface area contributed by atoms with Gasteiger partial charge in [0, 0.05) is 29.7 Å². The Morgan fingerprint density at radius 2 is 1.94 bits per heavy atom. The highest BCUT2D eigenvalue weighted by Gasteiger charge is 2.38. The molecule has 13 heteroatoms. The van der Waals surface area contributed by atoms with Gasteiger partial charge in [0.2, 0.25) is 5.82 Å². The highest BCUT2D eigenvalue weighted by atomic mass is 32.1. The molecule has 0 fully saturated rings. The van der Waals surface area contributed by atoms with Crippen molar-refractivity contribution in [2.24, 2.45) is 0 Å². The van der Waals surface area contributed by atoms with Crippen LogP contribution in [0.5, 0.6) is 0 Å². The van der Waals surface area contributed by atoms with Gasteiger partial charge in [0.25, 0.3) is 0 Å². The van der Waals surface area contributed by atoms with Crippen molar-refractivity contribution in [2.45, 2.75) is 12.7 Å². The van der Waals surface area contributed by atoms with E-state index in [0.717, 1.165) is 4.88 Å². The molecule has 0 unspecified atom stereocenters. The normalized spacial score (nSPS) is 11.8. The first kappa shape index (κ1) is 19.1. The second kappa shape index (κ2) is 7.43. The Kier molecular flexibility index (Phi) is 4.58. The SMILES string of the molecule is FC(F)(F)c1nc(-c2ccc(CN(c3cnccn3)c3ccc4nccn4n3)s2)no1. The van der Waals surface area contributed by atoms with E-state index in [1.54, 1.807) is 53.7 Å². The number of fused-ring (bicyclic) bond motifs is 1. The minimum Gasteiger partial charge on any atom is -0.329 e. The van der Waals surface area contributed by atoms with E-state index in [2.05, 4.69) is 34.7 Å². The van der Waals surface area contributed by atoms with Gasteiger partial charge in [-0.3, -0.25) is 4.98 Å². The summed E-state index contributed by atoms with van der Waals surface area (Å²) in [5.74, 6) is -0.340. The first-order valence-electron chi connectivity index (χ1n) is 8.81. The molecule has 0 aliphatic carbocycles. The molecule has 5 aromatic heterocycles. The van der Waals surface area contributed by atoms with Crippen LogP contribution in [0.25, 0.3) is 16.3 Å². The van der Waals surface area contributed by atoms with Crippen LogP contribution in [0.3, 0.4) is 0 Å². The van der Waals surface area contributed by atoms with E-state index in [4.69, 9.17) is 0 Å². The first-order chi connectivity index (χ1) is 15.0. The van der Waals surface area contributed by atoms with Crippen LogP contribution in [0.4, 0.5) is 24.8 Å². The van der Waals surface area contributed by atoms with Crippen LogP contribution >= 0.6 is 11.3 Å². The predicted molar refractivity (Wildman–Crippen MR) is 103 cm³/mol. The molecular weight excluding hydrogens is 433 g/mol. The lowest BCUT2D eigenvalue weighted by molar-refractivity contribution is -0.159. The summed E-state index contributed by atoms with van der Waals surface area (Å²) in [5, 5.41) is 7.99. The molecule has 0 bridgehead atoms. The summed E-state index contributed by atoms with van der Waals surface area (Å²) >= 11 is 1.24. The van der Waals surface area contributed by atoms with Gasteiger partial charge in [0.15, 0.2) is 17.3 Å². The Balaban J connectivity index is 1.47. The standard InChI is InChI=1S/C18H11F3N8OS/c19-18(20,21)17-25-16(27-30-17)12-2-1-11(31-12)10-28(15-9-22-5-6-23-15)14-4-3-13-24-7-8-29(13)26-14/h1-9H,10H2. The number of rotatable bonds is 5. The van der Waals surface area contributed by atoms with E-state index in [1.807, 2.05) is 11.0 Å². The molecule has 5 aromatic rings. The van der Waals surface area contributed by atoms with Crippen molar-refractivity contribution in [2.75, 3.05) is 4.90 Å². The maximum absolute atomic E-state index is 12.7. The van der Waals surface area contributed by atoms with Crippen molar-refractivity contribution in [3.8, 4) is 10.7 Å². The topological polar surface area (TPSA) is 98.1 Å². The molecule has 0 spiro atoms. The Morgan fingerprint density at radius 3 is 2.71 bits per heavy atom. The molecular formula is C18H11F3N8OS. The molecule has 0 N–H and O–H groups in total. The van der Waals surface area contributed by atoms with Gasteiger partial charge in [0.05, 0.1) is 17.6 Å². The maximum Gasteiger partial charge on any atom is 0.471 e. The highest BCUT2D eigenvalue weighted by Crippen LogP contribution is 2.33. The smallest absolute Gasteiger partial charge is 0.329 e. The number of alkyl halides is 3. The van der Waals surface area contributed by atoms with E-state index >= 15 is 0 Å². The molecule has 9 nitrogen and oxygen atoms in total. The minimum absolute atomic E-state index is 0.118. The van der Waals surface area contributed by atoms with Crippen LogP contribution in [0.1, 0.15) is 10.8 Å². The lowest BCUT2D eigenvalue weighted by Gasteiger charge is -2.21. The van der Waals surface area contributed by atoms with Crippen molar-refractivity contribution in [1.29, 1.82) is 0 Å². The monoisotopic (exact) mass is 444 g/mol. The van der Waals surface area contributed by atoms with Gasteiger partial charge in [-0.15, -0.1) is 16.4 Å². The number of hydrogen-bond acceptors (Lipinski definition) is 9. The number of halogens is 3. The second-order valence-corrected chi connectivity index (χ2v) is 7.43. The summed E-state index contributed by atoms with van der Waals surface area (Å²) in [5.41, 5.74) is 0.693. The molecule has 0 saturated heterocycles. The van der Waals surface area contributed by atoms with E-state index in [-0.39, 0.29) is 5.82 Å². The third-order valence-corrected chi connectivity index (χ3v) is 5.27. The van der Waals surface area contributed by atoms with Gasteiger partial charge in [-0.05, 0) is 24.3 Å². The Labute approximate surface area is 175 Å². The quantitative estimate of drug-likeness (QED) is 0.401. The lowest BCUT2D eigenvalue weighted by Crippen LogP contribution is -2.19. The molecule has 156 valence electrons. The molecule has 0 aliphatic rings. The number of hydrogen-bond donors (Lipinski definition) is 0. The molecule has 5 heterocycles. The van der Waals surface area contributed by atoms with Gasteiger partial charge in [-0.2, -0.15) is 18.2 Å². The zero-order chi connectivity index (χ0) is 21.4. The number of aromatic nitrogens is 7. The fourth-order valence-corrected chi connectivity index (χ4v) is 3.76. The second-order valence-electron chi connectivity index (χ2n) is 6.26. The summed E-state index contributed by atoms with van der Waals surface area (Å²) in [6.07, 6.45) is 3.41. The number of thiophene rings is 1. The third kappa shape index (κ3) is 3.82. The minimum atomic E-state index is -4.69. The van der Waals surface area contributed by atoms with Crippen LogP contribution < -0.4 is 4.90 Å². The van der Waals surface area contributed by atoms with Gasteiger partial charge >= 0.3 is 12.1 Å². The van der Waals surface area contributed by atoms with Gasteiger partial charge in [-0.25, -0.2) is 14.5 Å². The maximum atomic E-state index is 12.7. The van der Waals surface area contributed by atoms with Crippen LogP contribution in [-0.2, 0) is 12.7 Å². The van der Waals surface area contributed by atoms with Crippen LogP contribution in [0, 0.1) is 0 Å². The highest BCUT2D eigenvalue weighted by molar-refractivity contribution is 7.15. The van der Waals surface area contributed by atoms with Crippen LogP contribution in [-0.4, -0.2) is 34.7 Å². The van der Waals surface area contributed by atoms with Crippen molar-refractivity contribution < 1.29 is 17.7 Å². The Hall–Kier alpha value is -3.87. The zero-order valence-corrected chi connectivity index (χ0v) is 16.2. The molecule has 0 amide bonds. The van der Waals surface area contributed by atoms with Gasteiger partial charge < -0.3 is 9.42 Å². The Morgan fingerprint density at radius 1 is 1.03 bits per heavy atom. The molecule has 0 aliphatic heterocycles. The van der Waals surface area contributed by atoms with E-state index in [9.17, 15) is 13.2 Å². The fraction of sp³-hybridized carbons (Fsp3) is 0.111. The predicted octanol–water partition coefficient (Wildman–Crippen LogP) is 3.99.